The fourth-order valence-corrected chi connectivity index (χ4v) is 5.10. The summed E-state index contributed by atoms with van der Waals surface area (Å²) in [6, 6.07) is 10.1. The van der Waals surface area contributed by atoms with Crippen LogP contribution in [0.3, 0.4) is 0 Å². The molecule has 0 bridgehead atoms. The van der Waals surface area contributed by atoms with Gasteiger partial charge in [-0.25, -0.2) is 4.79 Å². The molecule has 0 radical (unpaired) electrons. The Bertz CT molecular complexity index is 1130. The molecule has 3 atom stereocenters. The van der Waals surface area contributed by atoms with Crippen LogP contribution in [0, 0.1) is 11.3 Å². The van der Waals surface area contributed by atoms with Gasteiger partial charge in [0.15, 0.2) is 0 Å². The lowest BCUT2D eigenvalue weighted by molar-refractivity contribution is -0.136. The van der Waals surface area contributed by atoms with Crippen molar-refractivity contribution in [1.29, 1.82) is 0 Å². The number of rotatable bonds is 10. The number of methoxy groups -OCH3 is 1. The van der Waals surface area contributed by atoms with Crippen LogP contribution in [0.5, 0.6) is 5.75 Å². The Labute approximate surface area is 221 Å². The molecular formula is C31H42N2O4. The molecule has 200 valence electrons. The van der Waals surface area contributed by atoms with Crippen molar-refractivity contribution in [3.05, 3.63) is 60.7 Å². The van der Waals surface area contributed by atoms with E-state index in [1.807, 2.05) is 37.8 Å². The fourth-order valence-electron chi connectivity index (χ4n) is 5.10. The molecule has 0 saturated carbocycles. The Balaban J connectivity index is 1.69. The lowest BCUT2D eigenvalue weighted by Crippen LogP contribution is -2.55. The molecule has 37 heavy (non-hydrogen) atoms. The van der Waals surface area contributed by atoms with E-state index in [0.717, 1.165) is 41.3 Å². The topological polar surface area (TPSA) is 67.9 Å². The number of benzene rings is 2. The van der Waals surface area contributed by atoms with Crippen LogP contribution < -0.4 is 10.1 Å². The zero-order valence-electron chi connectivity index (χ0n) is 23.0. The van der Waals surface area contributed by atoms with E-state index in [9.17, 15) is 9.59 Å². The molecule has 0 aliphatic carbocycles. The molecule has 6 nitrogen and oxygen atoms in total. The number of hydrogen-bond donors (Lipinski definition) is 1. The van der Waals surface area contributed by atoms with Gasteiger partial charge in [0.1, 0.15) is 11.8 Å². The number of unbranched alkanes of at least 4 members (excludes halogenated alkanes) is 1. The molecule has 3 rings (SSSR count). The van der Waals surface area contributed by atoms with E-state index >= 15 is 0 Å². The van der Waals surface area contributed by atoms with Crippen LogP contribution in [0.1, 0.15) is 58.1 Å². The van der Waals surface area contributed by atoms with Gasteiger partial charge in [-0.05, 0) is 72.4 Å². The van der Waals surface area contributed by atoms with Gasteiger partial charge >= 0.3 is 6.09 Å². The Morgan fingerprint density at radius 1 is 1.19 bits per heavy atom. The molecule has 3 unspecified atom stereocenters. The number of likely N-dealkylation sites (tertiary alicyclic amines) is 1. The number of alkyl carbamates (subject to hydrolysis) is 1. The van der Waals surface area contributed by atoms with Gasteiger partial charge in [-0.3, -0.25) is 4.79 Å². The minimum atomic E-state index is -0.659. The summed E-state index contributed by atoms with van der Waals surface area (Å²) in [4.78, 5) is 28.0. The van der Waals surface area contributed by atoms with Crippen LogP contribution in [0.15, 0.2) is 49.6 Å². The van der Waals surface area contributed by atoms with Crippen molar-refractivity contribution in [2.75, 3.05) is 20.3 Å². The first-order chi connectivity index (χ1) is 17.6. The van der Waals surface area contributed by atoms with Gasteiger partial charge in [0.25, 0.3) is 0 Å². The summed E-state index contributed by atoms with van der Waals surface area (Å²) in [6.45, 7) is 16.5. The normalized spacial score (nSPS) is 18.4. The van der Waals surface area contributed by atoms with Crippen molar-refractivity contribution in [2.24, 2.45) is 11.3 Å². The van der Waals surface area contributed by atoms with Crippen LogP contribution >= 0.6 is 0 Å². The quantitative estimate of drug-likeness (QED) is 0.300. The number of ether oxygens (including phenoxy) is 2. The Morgan fingerprint density at radius 2 is 1.95 bits per heavy atom. The number of nitrogens with zero attached hydrogens (tertiary/aromatic N) is 1. The summed E-state index contributed by atoms with van der Waals surface area (Å²) in [5.41, 5.74) is 1.77. The molecule has 1 fully saturated rings. The number of allylic oxidation sites excluding steroid dienone is 1. The van der Waals surface area contributed by atoms with Gasteiger partial charge in [-0.1, -0.05) is 57.7 Å². The Morgan fingerprint density at radius 3 is 2.59 bits per heavy atom. The van der Waals surface area contributed by atoms with Gasteiger partial charge in [-0.15, -0.1) is 6.58 Å². The second-order valence-electron chi connectivity index (χ2n) is 11.1. The van der Waals surface area contributed by atoms with Gasteiger partial charge in [0.05, 0.1) is 13.7 Å². The number of carbonyl (C=O) groups excluding carboxylic acids is 2. The van der Waals surface area contributed by atoms with Crippen LogP contribution in [0.25, 0.3) is 16.8 Å². The second kappa shape index (κ2) is 12.3. The average Bonchev–Trinajstić information content (AvgIpc) is 3.22. The van der Waals surface area contributed by atoms with Gasteiger partial charge in [0, 0.05) is 18.2 Å². The van der Waals surface area contributed by atoms with Crippen molar-refractivity contribution in [2.45, 2.75) is 65.5 Å². The maximum atomic E-state index is 13.6. The third kappa shape index (κ3) is 7.15. The first kappa shape index (κ1) is 28.3. The number of carbonyl (C=O) groups is 2. The van der Waals surface area contributed by atoms with Gasteiger partial charge in [-0.2, -0.15) is 0 Å². The number of nitrogens with one attached hydrogen (secondary N) is 1. The molecule has 1 saturated heterocycles. The summed E-state index contributed by atoms with van der Waals surface area (Å²) < 4.78 is 10.8. The maximum absolute atomic E-state index is 13.6. The minimum Gasteiger partial charge on any atom is -0.496 e. The summed E-state index contributed by atoms with van der Waals surface area (Å²) in [7, 11) is 1.67. The van der Waals surface area contributed by atoms with Crippen LogP contribution in [-0.2, 0) is 16.0 Å². The predicted molar refractivity (Wildman–Crippen MR) is 151 cm³/mol. The van der Waals surface area contributed by atoms with E-state index in [2.05, 4.69) is 49.7 Å². The lowest BCUT2D eigenvalue weighted by Gasteiger charge is -2.34. The summed E-state index contributed by atoms with van der Waals surface area (Å²) in [6.07, 6.45) is 6.36. The van der Waals surface area contributed by atoms with Crippen LogP contribution in [0.4, 0.5) is 4.79 Å². The van der Waals surface area contributed by atoms with Crippen LogP contribution in [-0.4, -0.2) is 49.2 Å². The molecule has 0 spiro atoms. The van der Waals surface area contributed by atoms with Gasteiger partial charge in [0.2, 0.25) is 5.91 Å². The Kier molecular flexibility index (Phi) is 9.41. The molecule has 1 N–H and O–H groups in total. The smallest absolute Gasteiger partial charge is 0.407 e. The van der Waals surface area contributed by atoms with Crippen molar-refractivity contribution in [1.82, 2.24) is 10.2 Å². The largest absolute Gasteiger partial charge is 0.496 e. The first-order valence-corrected chi connectivity index (χ1v) is 13.1. The third-order valence-corrected chi connectivity index (χ3v) is 7.10. The molecule has 2 aromatic rings. The van der Waals surface area contributed by atoms with E-state index in [4.69, 9.17) is 9.47 Å². The first-order valence-electron chi connectivity index (χ1n) is 13.1. The van der Waals surface area contributed by atoms with E-state index in [1.54, 1.807) is 13.2 Å². The Hall–Kier alpha value is -3.28. The van der Waals surface area contributed by atoms with E-state index in [-0.39, 0.29) is 11.9 Å². The van der Waals surface area contributed by atoms with Crippen molar-refractivity contribution < 1.29 is 19.1 Å². The third-order valence-electron chi connectivity index (χ3n) is 7.10. The van der Waals surface area contributed by atoms with E-state index in [1.165, 1.54) is 5.56 Å². The number of amides is 2. The lowest BCUT2D eigenvalue weighted by atomic mass is 9.85. The van der Waals surface area contributed by atoms with Gasteiger partial charge < -0.3 is 19.7 Å². The summed E-state index contributed by atoms with van der Waals surface area (Å²) in [5.74, 6) is 1.11. The van der Waals surface area contributed by atoms with E-state index < -0.39 is 17.6 Å². The predicted octanol–water partition coefficient (Wildman–Crippen LogP) is 6.38. The second-order valence-corrected chi connectivity index (χ2v) is 11.1. The van der Waals surface area contributed by atoms with Crippen molar-refractivity contribution >= 4 is 28.8 Å². The average molecular weight is 507 g/mol. The van der Waals surface area contributed by atoms with E-state index in [0.29, 0.717) is 25.5 Å². The zero-order valence-corrected chi connectivity index (χ0v) is 23.0. The molecule has 2 amide bonds. The standard InChI is InChI=1S/C31H42N2O4/c1-8-10-11-14-37-30(35)32-28(31(4,5)6)29(34)33-20-23(15-21(33)3)16-22-12-13-25-19-27(36-7)24(9-2)18-26(25)17-22/h8-9,12-13,17-19,21,23,28H,1-2,10-11,14-16,20H2,3-7H3,(H,32,35). The monoisotopic (exact) mass is 506 g/mol. The molecule has 6 heteroatoms. The van der Waals surface area contributed by atoms with Crippen molar-refractivity contribution in [3.63, 3.8) is 0 Å². The highest BCUT2D eigenvalue weighted by atomic mass is 16.5. The maximum Gasteiger partial charge on any atom is 0.407 e. The summed E-state index contributed by atoms with van der Waals surface area (Å²) >= 11 is 0. The SMILES string of the molecule is C=CCCCOC(=O)NC(C(=O)N1CC(Cc2ccc3cc(OC)c(C=C)cc3c2)CC1C)C(C)(C)C. The zero-order chi connectivity index (χ0) is 27.2. The fraction of sp³-hybridized carbons (Fsp3) is 0.484. The number of hydrogen-bond acceptors (Lipinski definition) is 4. The molecule has 1 heterocycles. The molecule has 0 aromatic heterocycles. The minimum absolute atomic E-state index is 0.0493. The molecule has 1 aliphatic heterocycles. The highest BCUT2D eigenvalue weighted by Gasteiger charge is 2.41. The molecule has 1 aliphatic rings. The van der Waals surface area contributed by atoms with Crippen LogP contribution in [0.2, 0.25) is 0 Å². The highest BCUT2D eigenvalue weighted by molar-refractivity contribution is 5.88. The molecular weight excluding hydrogens is 464 g/mol. The highest BCUT2D eigenvalue weighted by Crippen LogP contribution is 2.32. The molecule has 2 aromatic carbocycles. The van der Waals surface area contributed by atoms with Crippen molar-refractivity contribution in [3.8, 4) is 5.75 Å². The summed E-state index contributed by atoms with van der Waals surface area (Å²) in [5, 5.41) is 5.11. The number of fused-ring (bicyclic) bond motifs is 1.